The zero-order valence-corrected chi connectivity index (χ0v) is 16.3. The highest BCUT2D eigenvalue weighted by molar-refractivity contribution is 6.07. The minimum atomic E-state index is -0.729. The first kappa shape index (κ1) is 19.1. The molecule has 1 unspecified atom stereocenters. The molecule has 0 saturated carbocycles. The fraction of sp³-hybridized carbons (Fsp3) is 0.842. The highest BCUT2D eigenvalue weighted by Gasteiger charge is 2.54. The van der Waals surface area contributed by atoms with Crippen LogP contribution in [0.25, 0.3) is 0 Å². The molecule has 3 aliphatic rings. The summed E-state index contributed by atoms with van der Waals surface area (Å²) in [5.41, 5.74) is -0.729. The van der Waals surface area contributed by atoms with Gasteiger partial charge in [0.05, 0.1) is 6.04 Å². The molecule has 0 aliphatic carbocycles. The second-order valence-electron chi connectivity index (χ2n) is 8.36. The predicted octanol–water partition coefficient (Wildman–Crippen LogP) is 1.43. The lowest BCUT2D eigenvalue weighted by Crippen LogP contribution is -2.56. The molecule has 3 aliphatic heterocycles. The van der Waals surface area contributed by atoms with Gasteiger partial charge in [-0.1, -0.05) is 20.8 Å². The summed E-state index contributed by atoms with van der Waals surface area (Å²) in [6.45, 7) is 10.0. The fourth-order valence-corrected chi connectivity index (χ4v) is 4.43. The Morgan fingerprint density at radius 3 is 2.54 bits per heavy atom. The molecule has 3 rings (SSSR count). The number of imide groups is 1. The summed E-state index contributed by atoms with van der Waals surface area (Å²) in [5.74, 6) is 0.357. The van der Waals surface area contributed by atoms with Gasteiger partial charge in [-0.05, 0) is 38.1 Å². The topological polar surface area (TPSA) is 73.0 Å². The molecule has 4 amide bonds. The van der Waals surface area contributed by atoms with Crippen LogP contribution in [-0.2, 0) is 9.59 Å². The van der Waals surface area contributed by atoms with Gasteiger partial charge in [0.2, 0.25) is 5.91 Å². The van der Waals surface area contributed by atoms with E-state index in [-0.39, 0.29) is 23.9 Å². The lowest BCUT2D eigenvalue weighted by molar-refractivity contribution is -0.139. The molecule has 0 aromatic carbocycles. The first-order chi connectivity index (χ1) is 12.4. The van der Waals surface area contributed by atoms with Gasteiger partial charge in [-0.15, -0.1) is 0 Å². The van der Waals surface area contributed by atoms with Crippen molar-refractivity contribution in [2.24, 2.45) is 5.92 Å². The van der Waals surface area contributed by atoms with E-state index in [1.54, 1.807) is 0 Å². The van der Waals surface area contributed by atoms with Gasteiger partial charge in [0, 0.05) is 32.6 Å². The number of nitrogens with zero attached hydrogens (tertiary/aromatic N) is 3. The van der Waals surface area contributed by atoms with Gasteiger partial charge in [-0.3, -0.25) is 14.5 Å². The van der Waals surface area contributed by atoms with Crippen LogP contribution in [-0.4, -0.2) is 76.8 Å². The first-order valence-corrected chi connectivity index (χ1v) is 10.0. The molecule has 0 aromatic heterocycles. The number of hydrogen-bond donors (Lipinski definition) is 1. The number of amides is 4. The second kappa shape index (κ2) is 7.55. The maximum absolute atomic E-state index is 13.2. The van der Waals surface area contributed by atoms with Crippen molar-refractivity contribution in [3.05, 3.63) is 0 Å². The fourth-order valence-electron chi connectivity index (χ4n) is 4.43. The Kier molecular flexibility index (Phi) is 5.55. The Balaban J connectivity index is 1.68. The van der Waals surface area contributed by atoms with Crippen molar-refractivity contribution in [2.75, 3.05) is 32.7 Å². The molecule has 0 aromatic rings. The molecule has 7 heteroatoms. The number of piperidine rings is 2. The molecular formula is C19H32N4O3. The van der Waals surface area contributed by atoms with Crippen LogP contribution in [0.5, 0.6) is 0 Å². The number of carbonyl (C=O) groups excluding carboxylic acids is 3. The van der Waals surface area contributed by atoms with Crippen molar-refractivity contribution in [1.29, 1.82) is 0 Å². The van der Waals surface area contributed by atoms with E-state index >= 15 is 0 Å². The summed E-state index contributed by atoms with van der Waals surface area (Å²) in [4.78, 5) is 43.8. The lowest BCUT2D eigenvalue weighted by atomic mass is 9.87. The van der Waals surface area contributed by atoms with E-state index in [2.05, 4.69) is 17.1 Å². The molecule has 0 bridgehead atoms. The maximum Gasteiger partial charge on any atom is 0.325 e. The van der Waals surface area contributed by atoms with Crippen LogP contribution in [0.2, 0.25) is 0 Å². The molecule has 0 radical (unpaired) electrons. The normalized spacial score (nSPS) is 26.7. The number of rotatable bonds is 4. The molecule has 26 heavy (non-hydrogen) atoms. The van der Waals surface area contributed by atoms with E-state index in [1.807, 2.05) is 18.7 Å². The zero-order valence-electron chi connectivity index (χ0n) is 16.3. The quantitative estimate of drug-likeness (QED) is 0.766. The van der Waals surface area contributed by atoms with Crippen molar-refractivity contribution in [3.8, 4) is 0 Å². The first-order valence-electron chi connectivity index (χ1n) is 10.0. The van der Waals surface area contributed by atoms with Crippen LogP contribution in [0.1, 0.15) is 52.9 Å². The maximum atomic E-state index is 13.2. The Morgan fingerprint density at radius 2 is 1.92 bits per heavy atom. The third-order valence-electron chi connectivity index (χ3n) is 6.05. The van der Waals surface area contributed by atoms with Gasteiger partial charge in [0.25, 0.3) is 5.91 Å². The van der Waals surface area contributed by atoms with Gasteiger partial charge in [-0.25, -0.2) is 4.79 Å². The van der Waals surface area contributed by atoms with E-state index in [4.69, 9.17) is 0 Å². The van der Waals surface area contributed by atoms with Crippen molar-refractivity contribution < 1.29 is 14.4 Å². The summed E-state index contributed by atoms with van der Waals surface area (Å²) in [6, 6.07) is -0.473. The van der Waals surface area contributed by atoms with Crippen LogP contribution >= 0.6 is 0 Å². The van der Waals surface area contributed by atoms with Crippen LogP contribution < -0.4 is 5.32 Å². The summed E-state index contributed by atoms with van der Waals surface area (Å²) in [6.07, 6.45) is 3.48. The van der Waals surface area contributed by atoms with Crippen LogP contribution in [0, 0.1) is 5.92 Å². The molecular weight excluding hydrogens is 332 g/mol. The molecule has 1 N–H and O–H groups in total. The summed E-state index contributed by atoms with van der Waals surface area (Å²) in [7, 11) is 0. The van der Waals surface area contributed by atoms with Crippen molar-refractivity contribution >= 4 is 17.8 Å². The molecule has 3 fully saturated rings. The van der Waals surface area contributed by atoms with Gasteiger partial charge in [-0.2, -0.15) is 0 Å². The predicted molar refractivity (Wildman–Crippen MR) is 98.5 cm³/mol. The summed E-state index contributed by atoms with van der Waals surface area (Å²) >= 11 is 0. The zero-order chi connectivity index (χ0) is 18.9. The summed E-state index contributed by atoms with van der Waals surface area (Å²) < 4.78 is 0. The summed E-state index contributed by atoms with van der Waals surface area (Å²) in [5, 5.41) is 2.99. The van der Waals surface area contributed by atoms with Crippen LogP contribution in [0.3, 0.4) is 0 Å². The van der Waals surface area contributed by atoms with Crippen molar-refractivity contribution in [1.82, 2.24) is 20.0 Å². The third-order valence-corrected chi connectivity index (χ3v) is 6.05. The number of carbonyl (C=O) groups is 3. The minimum Gasteiger partial charge on any atom is -0.341 e. The smallest absolute Gasteiger partial charge is 0.325 e. The van der Waals surface area contributed by atoms with E-state index in [0.717, 1.165) is 39.0 Å². The Hall–Kier alpha value is -1.63. The van der Waals surface area contributed by atoms with Gasteiger partial charge in [0.1, 0.15) is 5.54 Å². The molecule has 146 valence electrons. The van der Waals surface area contributed by atoms with Gasteiger partial charge in [0.15, 0.2) is 0 Å². The van der Waals surface area contributed by atoms with Gasteiger partial charge >= 0.3 is 6.03 Å². The van der Waals surface area contributed by atoms with E-state index < -0.39 is 5.54 Å². The SMILES string of the molecule is CCN1CCC2(CC1)NC(=O)N(C1CCCN(C(=O)CC(C)C)C1)C2=O. The Morgan fingerprint density at radius 1 is 1.23 bits per heavy atom. The molecule has 3 heterocycles. The Labute approximate surface area is 156 Å². The highest BCUT2D eigenvalue weighted by atomic mass is 16.2. The Bertz CT molecular complexity index is 569. The van der Waals surface area contributed by atoms with E-state index in [1.165, 1.54) is 4.90 Å². The number of nitrogens with one attached hydrogen (secondary N) is 1. The van der Waals surface area contributed by atoms with Gasteiger partial charge < -0.3 is 15.1 Å². The molecule has 1 atom stereocenters. The number of likely N-dealkylation sites (tertiary alicyclic amines) is 2. The average Bonchev–Trinajstić information content (AvgIpc) is 2.85. The average molecular weight is 364 g/mol. The third kappa shape index (κ3) is 3.59. The largest absolute Gasteiger partial charge is 0.341 e. The molecule has 1 spiro atoms. The monoisotopic (exact) mass is 364 g/mol. The van der Waals surface area contributed by atoms with Crippen LogP contribution in [0.15, 0.2) is 0 Å². The lowest BCUT2D eigenvalue weighted by Gasteiger charge is -2.39. The van der Waals surface area contributed by atoms with Crippen molar-refractivity contribution in [3.63, 3.8) is 0 Å². The molecule has 3 saturated heterocycles. The van der Waals surface area contributed by atoms with Crippen LogP contribution in [0.4, 0.5) is 4.79 Å². The minimum absolute atomic E-state index is 0.0820. The number of hydrogen-bond acceptors (Lipinski definition) is 4. The molecule has 7 nitrogen and oxygen atoms in total. The highest BCUT2D eigenvalue weighted by Crippen LogP contribution is 2.32. The number of urea groups is 1. The van der Waals surface area contributed by atoms with Crippen molar-refractivity contribution in [2.45, 2.75) is 64.5 Å². The van der Waals surface area contributed by atoms with E-state index in [0.29, 0.717) is 31.7 Å². The standard InChI is InChI=1S/C19H32N4O3/c1-4-21-10-7-19(8-11-21)17(25)23(18(26)20-19)15-6-5-9-22(13-15)16(24)12-14(2)3/h14-15H,4-13H2,1-3H3,(H,20,26). The van der Waals surface area contributed by atoms with E-state index in [9.17, 15) is 14.4 Å². The second-order valence-corrected chi connectivity index (χ2v) is 8.36.